The van der Waals surface area contributed by atoms with Gasteiger partial charge in [-0.3, -0.25) is 0 Å². The maximum atomic E-state index is 13.1. The fourth-order valence-electron chi connectivity index (χ4n) is 1.38. The third-order valence-electron chi connectivity index (χ3n) is 2.36. The van der Waals surface area contributed by atoms with Crippen molar-refractivity contribution in [2.45, 2.75) is 18.9 Å². The molecule has 0 bridgehead atoms. The highest BCUT2D eigenvalue weighted by atomic mass is 19.3. The summed E-state index contributed by atoms with van der Waals surface area (Å²) >= 11 is 0. The van der Waals surface area contributed by atoms with Gasteiger partial charge in [0.15, 0.2) is 11.6 Å². The molecule has 1 atom stereocenters. The molecule has 1 aromatic rings. The summed E-state index contributed by atoms with van der Waals surface area (Å²) < 4.78 is 39.2. The van der Waals surface area contributed by atoms with Gasteiger partial charge in [-0.25, -0.2) is 13.2 Å². The minimum atomic E-state index is -3.62. The first kappa shape index (κ1) is 12.8. The number of hydrogen-bond donors (Lipinski definition) is 3. The summed E-state index contributed by atoms with van der Waals surface area (Å²) in [6.07, 6.45) is 0. The van der Waals surface area contributed by atoms with E-state index in [2.05, 4.69) is 0 Å². The second-order valence-corrected chi connectivity index (χ2v) is 3.52. The Kier molecular flexibility index (Phi) is 3.44. The maximum absolute atomic E-state index is 13.1. The Bertz CT molecular complexity index is 396. The molecule has 1 aromatic carbocycles. The molecule has 90 valence electrons. The number of phenols is 1. The molecule has 0 aromatic heterocycles. The van der Waals surface area contributed by atoms with Gasteiger partial charge in [0.1, 0.15) is 12.6 Å². The summed E-state index contributed by atoms with van der Waals surface area (Å²) in [5.74, 6) is -5.54. The molecule has 0 saturated heterocycles. The van der Waals surface area contributed by atoms with Crippen molar-refractivity contribution in [2.75, 3.05) is 6.61 Å². The highest BCUT2D eigenvalue weighted by Gasteiger charge is 2.39. The van der Waals surface area contributed by atoms with E-state index in [0.717, 1.165) is 6.07 Å². The molecular weight excluding hydrogens is 223 g/mol. The van der Waals surface area contributed by atoms with E-state index in [1.54, 1.807) is 0 Å². The topological polar surface area (TPSA) is 66.5 Å². The molecule has 3 nitrogen and oxygen atoms in total. The van der Waals surface area contributed by atoms with Crippen LogP contribution in [0.1, 0.15) is 17.2 Å². The molecule has 0 amide bonds. The predicted molar refractivity (Wildman–Crippen MR) is 51.8 cm³/mol. The van der Waals surface area contributed by atoms with Gasteiger partial charge in [-0.05, 0) is 18.6 Å². The third kappa shape index (κ3) is 2.12. The number of aliphatic hydroxyl groups excluding tert-OH is 1. The van der Waals surface area contributed by atoms with Crippen LogP contribution in [0.15, 0.2) is 12.1 Å². The monoisotopic (exact) mass is 235 g/mol. The number of aryl methyl sites for hydroxylation is 1. The molecule has 0 aliphatic rings. The van der Waals surface area contributed by atoms with E-state index in [4.69, 9.17) is 10.8 Å². The van der Waals surface area contributed by atoms with Crippen molar-refractivity contribution in [3.8, 4) is 5.75 Å². The summed E-state index contributed by atoms with van der Waals surface area (Å²) in [5, 5.41) is 17.8. The van der Waals surface area contributed by atoms with E-state index < -0.39 is 30.1 Å². The Morgan fingerprint density at radius 2 is 2.00 bits per heavy atom. The Hall–Kier alpha value is -1.27. The first-order valence-corrected chi connectivity index (χ1v) is 4.53. The first-order chi connectivity index (χ1) is 7.31. The van der Waals surface area contributed by atoms with Crippen LogP contribution in [-0.2, 0) is 0 Å². The lowest BCUT2D eigenvalue weighted by Crippen LogP contribution is -2.36. The lowest BCUT2D eigenvalue weighted by Gasteiger charge is -2.24. The van der Waals surface area contributed by atoms with Crippen molar-refractivity contribution in [1.29, 1.82) is 0 Å². The standard InChI is InChI=1S/C10H12F3NO2/c1-5-2-3-6(11)8(16)7(5)9(14)10(12,13)4-15/h2-3,9,15-16H,4,14H2,1H3/t9-/m1/s1. The van der Waals surface area contributed by atoms with Gasteiger partial charge < -0.3 is 15.9 Å². The van der Waals surface area contributed by atoms with Gasteiger partial charge in [0.2, 0.25) is 0 Å². The van der Waals surface area contributed by atoms with Crippen LogP contribution in [0.2, 0.25) is 0 Å². The quantitative estimate of drug-likeness (QED) is 0.743. The van der Waals surface area contributed by atoms with E-state index in [1.165, 1.54) is 13.0 Å². The van der Waals surface area contributed by atoms with Crippen molar-refractivity contribution < 1.29 is 23.4 Å². The molecule has 0 unspecified atom stereocenters. The zero-order valence-corrected chi connectivity index (χ0v) is 8.54. The predicted octanol–water partition coefficient (Wildman–Crippen LogP) is 1.47. The minimum Gasteiger partial charge on any atom is -0.505 e. The van der Waals surface area contributed by atoms with Gasteiger partial charge in [0, 0.05) is 5.56 Å². The highest BCUT2D eigenvalue weighted by molar-refractivity contribution is 5.42. The molecule has 4 N–H and O–H groups in total. The molecule has 0 fully saturated rings. The van der Waals surface area contributed by atoms with Crippen LogP contribution in [0.5, 0.6) is 5.75 Å². The van der Waals surface area contributed by atoms with Crippen LogP contribution in [0.3, 0.4) is 0 Å². The summed E-state index contributed by atoms with van der Waals surface area (Å²) in [6.45, 7) is -0.0502. The van der Waals surface area contributed by atoms with Gasteiger partial charge in [-0.15, -0.1) is 0 Å². The van der Waals surface area contributed by atoms with Gasteiger partial charge in [-0.1, -0.05) is 6.07 Å². The average Bonchev–Trinajstić information content (AvgIpc) is 2.24. The number of aliphatic hydroxyl groups is 1. The van der Waals surface area contributed by atoms with Crippen LogP contribution in [0.4, 0.5) is 13.2 Å². The Labute approximate surface area is 90.3 Å². The van der Waals surface area contributed by atoms with Gasteiger partial charge in [0.05, 0.1) is 0 Å². The third-order valence-corrected chi connectivity index (χ3v) is 2.36. The summed E-state index contributed by atoms with van der Waals surface area (Å²) in [6, 6.07) is 0.239. The van der Waals surface area contributed by atoms with E-state index >= 15 is 0 Å². The number of nitrogens with two attached hydrogens (primary N) is 1. The largest absolute Gasteiger partial charge is 0.505 e. The van der Waals surface area contributed by atoms with Crippen molar-refractivity contribution in [3.63, 3.8) is 0 Å². The summed E-state index contributed by atoms with van der Waals surface area (Å²) in [5.41, 5.74) is 5.06. The van der Waals surface area contributed by atoms with Gasteiger partial charge in [0.25, 0.3) is 5.92 Å². The number of rotatable bonds is 3. The van der Waals surface area contributed by atoms with Crippen molar-refractivity contribution in [1.82, 2.24) is 0 Å². The number of aromatic hydroxyl groups is 1. The van der Waals surface area contributed by atoms with E-state index in [-0.39, 0.29) is 11.1 Å². The molecule has 0 aliphatic carbocycles. The number of phenolic OH excluding ortho intramolecular Hbond substituents is 1. The molecule has 0 aliphatic heterocycles. The second kappa shape index (κ2) is 4.31. The molecule has 6 heteroatoms. The maximum Gasteiger partial charge on any atom is 0.289 e. The minimum absolute atomic E-state index is 0.236. The smallest absolute Gasteiger partial charge is 0.289 e. The lowest BCUT2D eigenvalue weighted by molar-refractivity contribution is -0.0718. The summed E-state index contributed by atoms with van der Waals surface area (Å²) in [7, 11) is 0. The SMILES string of the molecule is Cc1ccc(F)c(O)c1[C@@H](N)C(F)(F)CO. The molecule has 0 heterocycles. The number of halogens is 3. The molecule has 0 spiro atoms. The normalized spacial score (nSPS) is 13.9. The first-order valence-electron chi connectivity index (χ1n) is 4.53. The molecule has 0 saturated carbocycles. The molecule has 16 heavy (non-hydrogen) atoms. The second-order valence-electron chi connectivity index (χ2n) is 3.52. The van der Waals surface area contributed by atoms with Crippen LogP contribution in [-0.4, -0.2) is 22.7 Å². The molecule has 1 rings (SSSR count). The van der Waals surface area contributed by atoms with E-state index in [9.17, 15) is 18.3 Å². The van der Waals surface area contributed by atoms with Gasteiger partial charge in [-0.2, -0.15) is 0 Å². The Morgan fingerprint density at radius 1 is 1.44 bits per heavy atom. The van der Waals surface area contributed by atoms with Crippen molar-refractivity contribution in [2.24, 2.45) is 5.73 Å². The zero-order chi connectivity index (χ0) is 12.5. The van der Waals surface area contributed by atoms with Crippen molar-refractivity contribution >= 4 is 0 Å². The van der Waals surface area contributed by atoms with Crippen LogP contribution >= 0.6 is 0 Å². The molecule has 0 radical (unpaired) electrons. The number of benzene rings is 1. The van der Waals surface area contributed by atoms with Crippen LogP contribution in [0, 0.1) is 12.7 Å². The van der Waals surface area contributed by atoms with E-state index in [0.29, 0.717) is 0 Å². The average molecular weight is 235 g/mol. The zero-order valence-electron chi connectivity index (χ0n) is 8.54. The van der Waals surface area contributed by atoms with Crippen molar-refractivity contribution in [3.05, 3.63) is 29.1 Å². The number of alkyl halides is 2. The highest BCUT2D eigenvalue weighted by Crippen LogP contribution is 2.36. The summed E-state index contributed by atoms with van der Waals surface area (Å²) in [4.78, 5) is 0. The lowest BCUT2D eigenvalue weighted by atomic mass is 9.96. The fraction of sp³-hybridized carbons (Fsp3) is 0.400. The Morgan fingerprint density at radius 3 is 2.50 bits per heavy atom. The van der Waals surface area contributed by atoms with Gasteiger partial charge >= 0.3 is 0 Å². The number of hydrogen-bond acceptors (Lipinski definition) is 3. The van der Waals surface area contributed by atoms with Crippen LogP contribution in [0.25, 0.3) is 0 Å². The Balaban J connectivity index is 3.28. The van der Waals surface area contributed by atoms with E-state index in [1.807, 2.05) is 0 Å². The van der Waals surface area contributed by atoms with Crippen LogP contribution < -0.4 is 5.73 Å². The molecular formula is C10H12F3NO2. The fourth-order valence-corrected chi connectivity index (χ4v) is 1.38.